The maximum Gasteiger partial charge on any atom is 0.265 e. The van der Waals surface area contributed by atoms with Gasteiger partial charge in [-0.15, -0.1) is 0 Å². The van der Waals surface area contributed by atoms with Gasteiger partial charge in [0.15, 0.2) is 6.61 Å². The molecular weight excluding hydrogens is 368 g/mol. The molecule has 0 unspecified atom stereocenters. The van der Waals surface area contributed by atoms with Crippen molar-refractivity contribution in [1.29, 1.82) is 0 Å². The average Bonchev–Trinajstić information content (AvgIpc) is 3.02. The monoisotopic (exact) mass is 390 g/mol. The minimum Gasteiger partial charge on any atom is -0.482 e. The summed E-state index contributed by atoms with van der Waals surface area (Å²) in [7, 11) is 0. The fourth-order valence-electron chi connectivity index (χ4n) is 3.46. The molecule has 7 heteroatoms. The molecule has 0 aliphatic carbocycles. The highest BCUT2D eigenvalue weighted by Crippen LogP contribution is 2.31. The molecule has 3 aromatic rings. The van der Waals surface area contributed by atoms with E-state index in [1.165, 1.54) is 0 Å². The normalized spacial score (nSPS) is 13.0. The molecule has 2 aromatic carbocycles. The van der Waals surface area contributed by atoms with Crippen molar-refractivity contribution in [2.24, 2.45) is 0 Å². The van der Waals surface area contributed by atoms with Crippen LogP contribution in [0.3, 0.4) is 0 Å². The molecule has 1 aliphatic heterocycles. The minimum absolute atomic E-state index is 0.0132. The second-order valence-corrected chi connectivity index (χ2v) is 6.89. The number of hydrogen-bond acceptors (Lipinski definition) is 4. The highest BCUT2D eigenvalue weighted by Gasteiger charge is 2.25. The molecule has 7 nitrogen and oxygen atoms in total. The van der Waals surface area contributed by atoms with Gasteiger partial charge >= 0.3 is 0 Å². The summed E-state index contributed by atoms with van der Waals surface area (Å²) in [6, 6.07) is 17.1. The van der Waals surface area contributed by atoms with Crippen LogP contribution in [0.15, 0.2) is 54.6 Å². The molecule has 0 bridgehead atoms. The second-order valence-electron chi connectivity index (χ2n) is 6.89. The zero-order valence-electron chi connectivity index (χ0n) is 16.4. The standard InChI is InChI=1S/C22H22N4O3/c1-15-22(16(2)26(24-15)17-8-4-3-5-9-17)23-20(27)12-13-25-18-10-6-7-11-19(18)29-14-21(25)28/h3-11H,12-14H2,1-2H3,(H,23,27). The number of amides is 2. The molecule has 0 saturated heterocycles. The number of nitrogens with one attached hydrogen (secondary N) is 1. The third-order valence-electron chi connectivity index (χ3n) is 4.93. The molecule has 0 atom stereocenters. The van der Waals surface area contributed by atoms with E-state index in [0.717, 1.165) is 17.1 Å². The van der Waals surface area contributed by atoms with Gasteiger partial charge in [0.25, 0.3) is 5.91 Å². The number of benzene rings is 2. The highest BCUT2D eigenvalue weighted by atomic mass is 16.5. The minimum atomic E-state index is -0.166. The first-order valence-electron chi connectivity index (χ1n) is 9.48. The number of para-hydroxylation sites is 3. The Bertz CT molecular complexity index is 1060. The van der Waals surface area contributed by atoms with E-state index >= 15 is 0 Å². The third-order valence-corrected chi connectivity index (χ3v) is 4.93. The molecule has 148 valence electrons. The SMILES string of the molecule is Cc1nn(-c2ccccc2)c(C)c1NC(=O)CCN1C(=O)COc2ccccc21. The smallest absolute Gasteiger partial charge is 0.265 e. The van der Waals surface area contributed by atoms with Crippen molar-refractivity contribution in [3.8, 4) is 11.4 Å². The quantitative estimate of drug-likeness (QED) is 0.726. The highest BCUT2D eigenvalue weighted by molar-refractivity contribution is 5.99. The van der Waals surface area contributed by atoms with E-state index in [0.29, 0.717) is 17.1 Å². The molecule has 0 radical (unpaired) electrons. The Labute approximate surface area is 168 Å². The van der Waals surface area contributed by atoms with Gasteiger partial charge in [0.05, 0.1) is 28.5 Å². The van der Waals surface area contributed by atoms with Crippen molar-refractivity contribution < 1.29 is 14.3 Å². The molecule has 0 fully saturated rings. The number of aryl methyl sites for hydroxylation is 1. The Kier molecular flexibility index (Phi) is 5.03. The van der Waals surface area contributed by atoms with Gasteiger partial charge in [0.2, 0.25) is 5.91 Å². The first-order chi connectivity index (χ1) is 14.0. The molecule has 29 heavy (non-hydrogen) atoms. The summed E-state index contributed by atoms with van der Waals surface area (Å²) in [6.07, 6.45) is 0.176. The van der Waals surface area contributed by atoms with E-state index in [9.17, 15) is 9.59 Å². The number of rotatable bonds is 5. The number of ether oxygens (including phenoxy) is 1. The molecule has 4 rings (SSSR count). The number of fused-ring (bicyclic) bond motifs is 1. The topological polar surface area (TPSA) is 76.5 Å². The fraction of sp³-hybridized carbons (Fsp3) is 0.227. The first kappa shape index (κ1) is 18.7. The van der Waals surface area contributed by atoms with Gasteiger partial charge < -0.3 is 15.0 Å². The lowest BCUT2D eigenvalue weighted by molar-refractivity contribution is -0.121. The lowest BCUT2D eigenvalue weighted by Crippen LogP contribution is -2.40. The Morgan fingerprint density at radius 2 is 1.83 bits per heavy atom. The van der Waals surface area contributed by atoms with Crippen LogP contribution >= 0.6 is 0 Å². The summed E-state index contributed by atoms with van der Waals surface area (Å²) in [5.41, 5.74) is 3.93. The molecule has 0 saturated carbocycles. The van der Waals surface area contributed by atoms with Crippen LogP contribution in [0.2, 0.25) is 0 Å². The number of carbonyl (C=O) groups excluding carboxylic acids is 2. The van der Waals surface area contributed by atoms with Crippen LogP contribution < -0.4 is 15.0 Å². The van der Waals surface area contributed by atoms with Crippen molar-refractivity contribution in [3.63, 3.8) is 0 Å². The Morgan fingerprint density at radius 3 is 2.62 bits per heavy atom. The van der Waals surface area contributed by atoms with E-state index in [1.54, 1.807) is 4.90 Å². The Balaban J connectivity index is 1.46. The van der Waals surface area contributed by atoms with E-state index in [-0.39, 0.29) is 31.4 Å². The van der Waals surface area contributed by atoms with Gasteiger partial charge in [-0.1, -0.05) is 30.3 Å². The Hall–Kier alpha value is -3.61. The van der Waals surface area contributed by atoms with E-state index in [4.69, 9.17) is 4.74 Å². The average molecular weight is 390 g/mol. The van der Waals surface area contributed by atoms with Crippen molar-refractivity contribution in [3.05, 3.63) is 66.0 Å². The summed E-state index contributed by atoms with van der Waals surface area (Å²) >= 11 is 0. The maximum atomic E-state index is 12.6. The summed E-state index contributed by atoms with van der Waals surface area (Å²) in [6.45, 7) is 4.06. The maximum absolute atomic E-state index is 12.6. The first-order valence-corrected chi connectivity index (χ1v) is 9.48. The van der Waals surface area contributed by atoms with E-state index in [1.807, 2.05) is 73.1 Å². The van der Waals surface area contributed by atoms with Crippen LogP contribution in [0.5, 0.6) is 5.75 Å². The molecule has 1 aliphatic rings. The lowest BCUT2D eigenvalue weighted by atomic mass is 10.2. The number of hydrogen-bond donors (Lipinski definition) is 1. The van der Waals surface area contributed by atoms with Crippen molar-refractivity contribution in [2.45, 2.75) is 20.3 Å². The van der Waals surface area contributed by atoms with Gasteiger partial charge in [-0.3, -0.25) is 9.59 Å². The van der Waals surface area contributed by atoms with Gasteiger partial charge in [-0.25, -0.2) is 4.68 Å². The van der Waals surface area contributed by atoms with E-state index in [2.05, 4.69) is 10.4 Å². The zero-order chi connectivity index (χ0) is 20.4. The molecule has 1 aromatic heterocycles. The van der Waals surface area contributed by atoms with Gasteiger partial charge in [0, 0.05) is 13.0 Å². The lowest BCUT2D eigenvalue weighted by Gasteiger charge is -2.29. The predicted molar refractivity (Wildman–Crippen MR) is 111 cm³/mol. The van der Waals surface area contributed by atoms with Crippen molar-refractivity contribution in [2.75, 3.05) is 23.4 Å². The van der Waals surface area contributed by atoms with Gasteiger partial charge in [-0.05, 0) is 38.1 Å². The largest absolute Gasteiger partial charge is 0.482 e. The fourth-order valence-corrected chi connectivity index (χ4v) is 3.46. The van der Waals surface area contributed by atoms with Crippen LogP contribution in [-0.4, -0.2) is 34.7 Å². The molecule has 2 amide bonds. The molecular formula is C22H22N4O3. The molecule has 2 heterocycles. The zero-order valence-corrected chi connectivity index (χ0v) is 16.4. The predicted octanol–water partition coefficient (Wildman–Crippen LogP) is 3.24. The molecule has 1 N–H and O–H groups in total. The van der Waals surface area contributed by atoms with Crippen LogP contribution in [0, 0.1) is 13.8 Å². The summed E-state index contributed by atoms with van der Waals surface area (Å²) in [5.74, 6) is 0.338. The van der Waals surface area contributed by atoms with Crippen LogP contribution in [0.4, 0.5) is 11.4 Å². The summed E-state index contributed by atoms with van der Waals surface area (Å²) in [4.78, 5) is 26.5. The van der Waals surface area contributed by atoms with Gasteiger partial charge in [-0.2, -0.15) is 5.10 Å². The van der Waals surface area contributed by atoms with Crippen molar-refractivity contribution in [1.82, 2.24) is 9.78 Å². The summed E-state index contributed by atoms with van der Waals surface area (Å²) in [5, 5.41) is 7.50. The number of aromatic nitrogens is 2. The molecule has 0 spiro atoms. The van der Waals surface area contributed by atoms with Crippen LogP contribution in [0.1, 0.15) is 17.8 Å². The number of carbonyl (C=O) groups is 2. The van der Waals surface area contributed by atoms with Crippen LogP contribution in [0.25, 0.3) is 5.69 Å². The van der Waals surface area contributed by atoms with Crippen molar-refractivity contribution >= 4 is 23.2 Å². The van der Waals surface area contributed by atoms with Crippen LogP contribution in [-0.2, 0) is 9.59 Å². The summed E-state index contributed by atoms with van der Waals surface area (Å²) < 4.78 is 7.25. The second kappa shape index (κ2) is 7.79. The number of anilines is 2. The number of nitrogens with zero attached hydrogens (tertiary/aromatic N) is 3. The third kappa shape index (κ3) is 3.71. The van der Waals surface area contributed by atoms with E-state index < -0.39 is 0 Å². The Morgan fingerprint density at radius 1 is 1.10 bits per heavy atom. The van der Waals surface area contributed by atoms with Gasteiger partial charge in [0.1, 0.15) is 5.75 Å².